The summed E-state index contributed by atoms with van der Waals surface area (Å²) in [6.45, 7) is 11.1. The number of anilines is 1. The van der Waals surface area contributed by atoms with Gasteiger partial charge in [-0.2, -0.15) is 0 Å². The fourth-order valence-electron chi connectivity index (χ4n) is 1.94. The van der Waals surface area contributed by atoms with Crippen LogP contribution >= 0.6 is 0 Å². The first kappa shape index (κ1) is 13.0. The van der Waals surface area contributed by atoms with Crippen LogP contribution in [-0.2, 0) is 0 Å². The van der Waals surface area contributed by atoms with Crippen LogP contribution in [0.5, 0.6) is 0 Å². The summed E-state index contributed by atoms with van der Waals surface area (Å²) in [5.74, 6) is 1.11. The molecule has 16 heavy (non-hydrogen) atoms. The summed E-state index contributed by atoms with van der Waals surface area (Å²) < 4.78 is 0. The third kappa shape index (κ3) is 2.97. The van der Waals surface area contributed by atoms with Gasteiger partial charge in [-0.05, 0) is 51.3 Å². The van der Waals surface area contributed by atoms with Crippen molar-refractivity contribution in [2.24, 2.45) is 0 Å². The molecule has 0 fully saturated rings. The molecular weight excluding hydrogens is 196 g/mol. The Morgan fingerprint density at radius 3 is 2.19 bits per heavy atom. The highest BCUT2D eigenvalue weighted by atomic mass is 15.2. The molecule has 0 aliphatic rings. The number of hydrogen-bond acceptors (Lipinski definition) is 2. The topological polar surface area (TPSA) is 16.1 Å². The van der Waals surface area contributed by atoms with E-state index in [1.165, 1.54) is 5.56 Å². The summed E-state index contributed by atoms with van der Waals surface area (Å²) in [7, 11) is 0. The molecule has 0 spiro atoms. The molecule has 2 nitrogen and oxygen atoms in total. The van der Waals surface area contributed by atoms with Gasteiger partial charge in [-0.3, -0.25) is 0 Å². The Labute approximate surface area is 99.7 Å². The molecule has 1 aromatic rings. The van der Waals surface area contributed by atoms with Gasteiger partial charge in [-0.1, -0.05) is 13.8 Å². The van der Waals surface area contributed by atoms with Crippen molar-refractivity contribution in [2.75, 3.05) is 4.90 Å². The number of pyridine rings is 1. The van der Waals surface area contributed by atoms with Crippen molar-refractivity contribution in [3.8, 4) is 0 Å². The Morgan fingerprint density at radius 1 is 1.19 bits per heavy atom. The summed E-state index contributed by atoms with van der Waals surface area (Å²) >= 11 is 0. The standard InChI is InChI=1S/C14H24N2/c1-6-12(4)16(13(5)7-2)14-10-11(3)8-9-15-14/h8-10,12-13H,6-7H2,1-5H3. The molecule has 0 bridgehead atoms. The van der Waals surface area contributed by atoms with Crippen molar-refractivity contribution in [3.05, 3.63) is 23.9 Å². The average Bonchev–Trinajstić information content (AvgIpc) is 2.29. The van der Waals surface area contributed by atoms with E-state index in [1.807, 2.05) is 6.20 Å². The van der Waals surface area contributed by atoms with Gasteiger partial charge in [0.1, 0.15) is 5.82 Å². The Hall–Kier alpha value is -1.05. The third-order valence-corrected chi connectivity index (χ3v) is 3.30. The normalized spacial score (nSPS) is 14.6. The van der Waals surface area contributed by atoms with Crippen LogP contribution in [-0.4, -0.2) is 17.1 Å². The summed E-state index contributed by atoms with van der Waals surface area (Å²) in [6, 6.07) is 5.32. The van der Waals surface area contributed by atoms with Crippen LogP contribution in [0.4, 0.5) is 5.82 Å². The quantitative estimate of drug-likeness (QED) is 0.750. The van der Waals surface area contributed by atoms with Crippen LogP contribution in [0.2, 0.25) is 0 Å². The molecule has 90 valence electrons. The number of hydrogen-bond donors (Lipinski definition) is 0. The number of rotatable bonds is 5. The van der Waals surface area contributed by atoms with Crippen molar-refractivity contribution in [1.29, 1.82) is 0 Å². The van der Waals surface area contributed by atoms with Crippen molar-refractivity contribution in [2.45, 2.75) is 59.5 Å². The van der Waals surface area contributed by atoms with Gasteiger partial charge in [0.05, 0.1) is 0 Å². The van der Waals surface area contributed by atoms with Crippen molar-refractivity contribution in [3.63, 3.8) is 0 Å². The molecule has 1 aromatic heterocycles. The van der Waals surface area contributed by atoms with E-state index in [9.17, 15) is 0 Å². The Balaban J connectivity index is 3.00. The first-order chi connectivity index (χ1) is 7.60. The minimum Gasteiger partial charge on any atom is -0.351 e. The highest BCUT2D eigenvalue weighted by molar-refractivity contribution is 5.42. The first-order valence-electron chi connectivity index (χ1n) is 6.31. The zero-order chi connectivity index (χ0) is 12.1. The molecule has 0 aliphatic heterocycles. The molecule has 1 rings (SSSR count). The Bertz CT molecular complexity index is 312. The van der Waals surface area contributed by atoms with E-state index < -0.39 is 0 Å². The molecule has 0 radical (unpaired) electrons. The second-order valence-electron chi connectivity index (χ2n) is 4.61. The summed E-state index contributed by atoms with van der Waals surface area (Å²) in [5, 5.41) is 0. The Morgan fingerprint density at radius 2 is 1.75 bits per heavy atom. The van der Waals surface area contributed by atoms with Gasteiger partial charge in [0.2, 0.25) is 0 Å². The van der Waals surface area contributed by atoms with Crippen molar-refractivity contribution in [1.82, 2.24) is 4.98 Å². The lowest BCUT2D eigenvalue weighted by Gasteiger charge is -2.35. The molecule has 0 N–H and O–H groups in total. The van der Waals surface area contributed by atoms with Gasteiger partial charge in [0.15, 0.2) is 0 Å². The fraction of sp³-hybridized carbons (Fsp3) is 0.643. The second-order valence-corrected chi connectivity index (χ2v) is 4.61. The smallest absolute Gasteiger partial charge is 0.129 e. The molecule has 2 atom stereocenters. The molecule has 0 aliphatic carbocycles. The largest absolute Gasteiger partial charge is 0.351 e. The van der Waals surface area contributed by atoms with Crippen molar-refractivity contribution < 1.29 is 0 Å². The lowest BCUT2D eigenvalue weighted by atomic mass is 10.1. The van der Waals surface area contributed by atoms with Crippen LogP contribution in [0.25, 0.3) is 0 Å². The molecule has 0 aromatic carbocycles. The molecule has 0 saturated carbocycles. The molecule has 2 heteroatoms. The van der Waals surface area contributed by atoms with Crippen LogP contribution in [0.3, 0.4) is 0 Å². The maximum absolute atomic E-state index is 4.50. The van der Waals surface area contributed by atoms with E-state index in [0.29, 0.717) is 12.1 Å². The third-order valence-electron chi connectivity index (χ3n) is 3.30. The zero-order valence-electron chi connectivity index (χ0n) is 11.2. The highest BCUT2D eigenvalue weighted by Crippen LogP contribution is 2.21. The van der Waals surface area contributed by atoms with E-state index in [1.54, 1.807) is 0 Å². The number of nitrogens with zero attached hydrogens (tertiary/aromatic N) is 2. The van der Waals surface area contributed by atoms with Crippen LogP contribution in [0.1, 0.15) is 46.1 Å². The maximum Gasteiger partial charge on any atom is 0.129 e. The lowest BCUT2D eigenvalue weighted by molar-refractivity contribution is 0.522. The lowest BCUT2D eigenvalue weighted by Crippen LogP contribution is -2.40. The average molecular weight is 220 g/mol. The molecular formula is C14H24N2. The van der Waals surface area contributed by atoms with Gasteiger partial charge >= 0.3 is 0 Å². The van der Waals surface area contributed by atoms with E-state index in [4.69, 9.17) is 0 Å². The second kappa shape index (κ2) is 5.88. The number of aromatic nitrogens is 1. The summed E-state index contributed by atoms with van der Waals surface area (Å²) in [6.07, 6.45) is 4.21. The molecule has 2 unspecified atom stereocenters. The summed E-state index contributed by atoms with van der Waals surface area (Å²) in [4.78, 5) is 6.94. The fourth-order valence-corrected chi connectivity index (χ4v) is 1.94. The molecule has 1 heterocycles. The molecule has 0 amide bonds. The van der Waals surface area contributed by atoms with Crippen LogP contribution in [0.15, 0.2) is 18.3 Å². The Kier molecular flexibility index (Phi) is 4.78. The van der Waals surface area contributed by atoms with E-state index in [-0.39, 0.29) is 0 Å². The maximum atomic E-state index is 4.50. The van der Waals surface area contributed by atoms with E-state index in [0.717, 1.165) is 18.7 Å². The number of aryl methyl sites for hydroxylation is 1. The van der Waals surface area contributed by atoms with Gasteiger partial charge in [0.25, 0.3) is 0 Å². The van der Waals surface area contributed by atoms with E-state index in [2.05, 4.69) is 56.6 Å². The molecule has 0 saturated heterocycles. The van der Waals surface area contributed by atoms with Gasteiger partial charge in [-0.25, -0.2) is 4.98 Å². The van der Waals surface area contributed by atoms with Gasteiger partial charge < -0.3 is 4.90 Å². The summed E-state index contributed by atoms with van der Waals surface area (Å²) in [5.41, 5.74) is 1.28. The van der Waals surface area contributed by atoms with Gasteiger partial charge in [-0.15, -0.1) is 0 Å². The monoisotopic (exact) mass is 220 g/mol. The van der Waals surface area contributed by atoms with Crippen LogP contribution in [0, 0.1) is 6.92 Å². The SMILES string of the molecule is CCC(C)N(c1cc(C)ccn1)C(C)CC. The van der Waals surface area contributed by atoms with Crippen molar-refractivity contribution >= 4 is 5.82 Å². The highest BCUT2D eigenvalue weighted by Gasteiger charge is 2.19. The van der Waals surface area contributed by atoms with Crippen LogP contribution < -0.4 is 4.90 Å². The predicted molar refractivity (Wildman–Crippen MR) is 71.0 cm³/mol. The van der Waals surface area contributed by atoms with Gasteiger partial charge in [0, 0.05) is 18.3 Å². The minimum atomic E-state index is 0.546. The minimum absolute atomic E-state index is 0.546. The van der Waals surface area contributed by atoms with E-state index >= 15 is 0 Å². The predicted octanol–water partition coefficient (Wildman–Crippen LogP) is 3.79. The zero-order valence-corrected chi connectivity index (χ0v) is 11.2. The first-order valence-corrected chi connectivity index (χ1v) is 6.31.